The largest absolute Gasteiger partial charge is 0.339 e. The monoisotopic (exact) mass is 325 g/mol. The summed E-state index contributed by atoms with van der Waals surface area (Å²) in [6.07, 6.45) is 4.58. The Morgan fingerprint density at radius 3 is 2.67 bits per heavy atom. The van der Waals surface area contributed by atoms with Gasteiger partial charge >= 0.3 is 0 Å². The van der Waals surface area contributed by atoms with Crippen LogP contribution in [0.5, 0.6) is 0 Å². The van der Waals surface area contributed by atoms with E-state index in [0.29, 0.717) is 12.5 Å². The predicted molar refractivity (Wildman–Crippen MR) is 95.9 cm³/mol. The van der Waals surface area contributed by atoms with E-state index < -0.39 is 0 Å². The summed E-state index contributed by atoms with van der Waals surface area (Å²) in [5.41, 5.74) is 4.76. The van der Waals surface area contributed by atoms with E-state index in [1.807, 2.05) is 24.7 Å². The van der Waals surface area contributed by atoms with Crippen molar-refractivity contribution in [3.05, 3.63) is 52.8 Å². The minimum Gasteiger partial charge on any atom is -0.339 e. The first kappa shape index (κ1) is 16.7. The summed E-state index contributed by atoms with van der Waals surface area (Å²) < 4.78 is 1.91. The number of amides is 1. The van der Waals surface area contributed by atoms with Crippen molar-refractivity contribution in [2.45, 2.75) is 52.0 Å². The van der Waals surface area contributed by atoms with Gasteiger partial charge in [-0.2, -0.15) is 5.10 Å². The van der Waals surface area contributed by atoms with E-state index in [1.165, 1.54) is 16.8 Å². The zero-order valence-corrected chi connectivity index (χ0v) is 15.0. The Morgan fingerprint density at radius 1 is 1.25 bits per heavy atom. The van der Waals surface area contributed by atoms with Gasteiger partial charge in [0.25, 0.3) is 0 Å². The molecular weight excluding hydrogens is 298 g/mol. The lowest BCUT2D eigenvalue weighted by molar-refractivity contribution is -0.131. The van der Waals surface area contributed by atoms with Crippen LogP contribution >= 0.6 is 0 Å². The van der Waals surface area contributed by atoms with Gasteiger partial charge in [-0.3, -0.25) is 9.48 Å². The SMILES string of the molecule is Cc1nn(C)c(C)c1CCC(=O)N1CCCC1Cc1ccccc1. The van der Waals surface area contributed by atoms with E-state index in [9.17, 15) is 4.79 Å². The van der Waals surface area contributed by atoms with Gasteiger partial charge in [0.1, 0.15) is 0 Å². The highest BCUT2D eigenvalue weighted by Crippen LogP contribution is 2.23. The van der Waals surface area contributed by atoms with Crippen LogP contribution in [0.25, 0.3) is 0 Å². The van der Waals surface area contributed by atoms with Gasteiger partial charge in [0, 0.05) is 31.7 Å². The molecule has 0 aliphatic carbocycles. The molecule has 1 fully saturated rings. The smallest absolute Gasteiger partial charge is 0.223 e. The summed E-state index contributed by atoms with van der Waals surface area (Å²) in [4.78, 5) is 14.9. The lowest BCUT2D eigenvalue weighted by Gasteiger charge is -2.25. The maximum absolute atomic E-state index is 12.7. The van der Waals surface area contributed by atoms with E-state index in [0.717, 1.165) is 37.9 Å². The van der Waals surface area contributed by atoms with Crippen LogP contribution in [0, 0.1) is 13.8 Å². The molecule has 0 spiro atoms. The fraction of sp³-hybridized carbons (Fsp3) is 0.500. The summed E-state index contributed by atoms with van der Waals surface area (Å²) in [6.45, 7) is 5.01. The molecule has 1 atom stereocenters. The molecule has 0 N–H and O–H groups in total. The predicted octanol–water partition coefficient (Wildman–Crippen LogP) is 3.20. The molecule has 1 aromatic heterocycles. The molecule has 128 valence electrons. The fourth-order valence-corrected chi connectivity index (χ4v) is 3.82. The number of aryl methyl sites for hydroxylation is 2. The second-order valence-corrected chi connectivity index (χ2v) is 6.85. The maximum atomic E-state index is 12.7. The summed E-state index contributed by atoms with van der Waals surface area (Å²) in [6, 6.07) is 10.9. The van der Waals surface area contributed by atoms with Gasteiger partial charge in [-0.15, -0.1) is 0 Å². The molecule has 3 rings (SSSR count). The lowest BCUT2D eigenvalue weighted by Crippen LogP contribution is -2.37. The number of nitrogens with zero attached hydrogens (tertiary/aromatic N) is 3. The molecule has 1 aliphatic heterocycles. The molecule has 1 unspecified atom stereocenters. The molecule has 1 amide bonds. The summed E-state index contributed by atoms with van der Waals surface area (Å²) >= 11 is 0. The number of hydrogen-bond acceptors (Lipinski definition) is 2. The molecule has 0 radical (unpaired) electrons. The van der Waals surface area contributed by atoms with Crippen LogP contribution in [0.1, 0.15) is 41.8 Å². The zero-order chi connectivity index (χ0) is 17.1. The summed E-state index contributed by atoms with van der Waals surface area (Å²) in [5.74, 6) is 0.288. The summed E-state index contributed by atoms with van der Waals surface area (Å²) in [7, 11) is 1.96. The Labute approximate surface area is 144 Å². The molecule has 1 aromatic carbocycles. The first-order valence-electron chi connectivity index (χ1n) is 8.88. The molecule has 0 bridgehead atoms. The van der Waals surface area contributed by atoms with Gasteiger partial charge in [-0.25, -0.2) is 0 Å². The van der Waals surface area contributed by atoms with Gasteiger partial charge in [0.05, 0.1) is 5.69 Å². The van der Waals surface area contributed by atoms with Crippen LogP contribution in [0.2, 0.25) is 0 Å². The molecule has 2 heterocycles. The Bertz CT molecular complexity index is 705. The van der Waals surface area contributed by atoms with Crippen molar-refractivity contribution in [2.75, 3.05) is 6.54 Å². The molecule has 4 nitrogen and oxygen atoms in total. The van der Waals surface area contributed by atoms with Gasteiger partial charge in [-0.1, -0.05) is 30.3 Å². The van der Waals surface area contributed by atoms with Crippen LogP contribution in [-0.2, 0) is 24.7 Å². The first-order valence-corrected chi connectivity index (χ1v) is 8.88. The second kappa shape index (κ2) is 7.20. The van der Waals surface area contributed by atoms with Crippen molar-refractivity contribution in [1.29, 1.82) is 0 Å². The van der Waals surface area contributed by atoms with Crippen molar-refractivity contribution < 1.29 is 4.79 Å². The van der Waals surface area contributed by atoms with Gasteiger partial charge in [0.15, 0.2) is 0 Å². The Morgan fingerprint density at radius 2 is 2.00 bits per heavy atom. The van der Waals surface area contributed by atoms with Crippen LogP contribution in [-0.4, -0.2) is 33.2 Å². The standard InChI is InChI=1S/C20H27N3O/c1-15-19(16(2)22(3)21-15)11-12-20(24)23-13-7-10-18(23)14-17-8-5-4-6-9-17/h4-6,8-9,18H,7,10-14H2,1-3H3. The molecule has 0 saturated carbocycles. The first-order chi connectivity index (χ1) is 11.6. The lowest BCUT2D eigenvalue weighted by atomic mass is 10.0. The number of aromatic nitrogens is 2. The second-order valence-electron chi connectivity index (χ2n) is 6.85. The number of benzene rings is 1. The van der Waals surface area contributed by atoms with Gasteiger partial charge in [0.2, 0.25) is 5.91 Å². The number of hydrogen-bond donors (Lipinski definition) is 0. The Balaban J connectivity index is 1.61. The van der Waals surface area contributed by atoms with E-state index in [2.05, 4.69) is 41.2 Å². The Hall–Kier alpha value is -2.10. The minimum atomic E-state index is 0.288. The van der Waals surface area contributed by atoms with Crippen LogP contribution < -0.4 is 0 Å². The van der Waals surface area contributed by atoms with Crippen LogP contribution in [0.3, 0.4) is 0 Å². The average molecular weight is 325 g/mol. The molecular formula is C20H27N3O. The Kier molecular flexibility index (Phi) is 5.03. The third-order valence-electron chi connectivity index (χ3n) is 5.26. The topological polar surface area (TPSA) is 38.1 Å². The van der Waals surface area contributed by atoms with E-state index in [4.69, 9.17) is 0 Å². The molecule has 2 aromatic rings. The zero-order valence-electron chi connectivity index (χ0n) is 15.0. The van der Waals surface area contributed by atoms with E-state index in [-0.39, 0.29) is 5.91 Å². The highest BCUT2D eigenvalue weighted by Gasteiger charge is 2.28. The quantitative estimate of drug-likeness (QED) is 0.847. The van der Waals surface area contributed by atoms with E-state index in [1.54, 1.807) is 0 Å². The number of carbonyl (C=O) groups excluding carboxylic acids is 1. The molecule has 4 heteroatoms. The molecule has 1 saturated heterocycles. The summed E-state index contributed by atoms with van der Waals surface area (Å²) in [5, 5.41) is 4.45. The van der Waals surface area contributed by atoms with Crippen molar-refractivity contribution in [3.63, 3.8) is 0 Å². The number of rotatable bonds is 5. The minimum absolute atomic E-state index is 0.288. The average Bonchev–Trinajstić information content (AvgIpc) is 3.12. The van der Waals surface area contributed by atoms with Crippen molar-refractivity contribution in [2.24, 2.45) is 7.05 Å². The van der Waals surface area contributed by atoms with Crippen molar-refractivity contribution in [1.82, 2.24) is 14.7 Å². The van der Waals surface area contributed by atoms with Crippen molar-refractivity contribution >= 4 is 5.91 Å². The van der Waals surface area contributed by atoms with Crippen LogP contribution in [0.15, 0.2) is 30.3 Å². The van der Waals surface area contributed by atoms with Crippen LogP contribution in [0.4, 0.5) is 0 Å². The highest BCUT2D eigenvalue weighted by atomic mass is 16.2. The number of likely N-dealkylation sites (tertiary alicyclic amines) is 1. The van der Waals surface area contributed by atoms with Gasteiger partial charge in [-0.05, 0) is 50.7 Å². The fourth-order valence-electron chi connectivity index (χ4n) is 3.82. The normalized spacial score (nSPS) is 17.5. The van der Waals surface area contributed by atoms with E-state index >= 15 is 0 Å². The number of carbonyl (C=O) groups is 1. The van der Waals surface area contributed by atoms with Gasteiger partial charge < -0.3 is 4.90 Å². The highest BCUT2D eigenvalue weighted by molar-refractivity contribution is 5.77. The molecule has 24 heavy (non-hydrogen) atoms. The van der Waals surface area contributed by atoms with Crippen molar-refractivity contribution in [3.8, 4) is 0 Å². The third kappa shape index (κ3) is 3.53. The third-order valence-corrected chi connectivity index (χ3v) is 5.26. The maximum Gasteiger partial charge on any atom is 0.223 e. The molecule has 1 aliphatic rings.